The molecule has 8 heteroatoms. The van der Waals surface area contributed by atoms with E-state index in [1.54, 1.807) is 0 Å². The van der Waals surface area contributed by atoms with Crippen LogP contribution in [-0.2, 0) is 14.9 Å². The van der Waals surface area contributed by atoms with E-state index < -0.39 is 21.5 Å². The van der Waals surface area contributed by atoms with Crippen molar-refractivity contribution in [2.24, 2.45) is 0 Å². The molecule has 38 heavy (non-hydrogen) atoms. The summed E-state index contributed by atoms with van der Waals surface area (Å²) in [5.74, 6) is 0.286. The molecule has 0 bridgehead atoms. The van der Waals surface area contributed by atoms with Gasteiger partial charge in [0.1, 0.15) is 5.25 Å². The first kappa shape index (κ1) is 40.5. The van der Waals surface area contributed by atoms with Gasteiger partial charge in [-0.05, 0) is 32.1 Å². The molecule has 0 aliphatic rings. The normalized spacial score (nSPS) is 13.2. The molecule has 2 atom stereocenters. The first-order valence-corrected chi connectivity index (χ1v) is 17.2. The van der Waals surface area contributed by atoms with Crippen molar-refractivity contribution in [3.05, 3.63) is 0 Å². The van der Waals surface area contributed by atoms with E-state index in [2.05, 4.69) is 25.7 Å². The quantitative estimate of drug-likeness (QED) is 0.0607. The van der Waals surface area contributed by atoms with Crippen LogP contribution in [-0.4, -0.2) is 82.9 Å². The van der Waals surface area contributed by atoms with Crippen molar-refractivity contribution in [3.63, 3.8) is 0 Å². The fourth-order valence-corrected chi connectivity index (χ4v) is 5.99. The van der Waals surface area contributed by atoms with Crippen LogP contribution < -0.4 is 0 Å². The van der Waals surface area contributed by atoms with Gasteiger partial charge in [0.25, 0.3) is 10.1 Å². The summed E-state index contributed by atoms with van der Waals surface area (Å²) in [5.41, 5.74) is 0. The molecular formula is C30H62NNaO5S. The number of aliphatic hydroxyl groups excluding tert-OH is 1. The van der Waals surface area contributed by atoms with Gasteiger partial charge in [-0.1, -0.05) is 124 Å². The Balaban J connectivity index is 0. The summed E-state index contributed by atoms with van der Waals surface area (Å²) < 4.78 is 33.2. The standard InChI is InChI=1S/C30H61NO5S.Na.H/c1-4-7-10-13-16-19-24-29(37(34,35)36)28(32)23-18-15-14-17-20-25-30(33)31(26-21-11-8-5-2)27-22-12-9-6-3;;/h28-29,32H,4-27H2,1-3H3,(H,34,35,36);;. The van der Waals surface area contributed by atoms with E-state index in [0.717, 1.165) is 77.3 Å². The molecule has 6 nitrogen and oxygen atoms in total. The van der Waals surface area contributed by atoms with Gasteiger partial charge in [0.15, 0.2) is 0 Å². The second-order valence-corrected chi connectivity index (χ2v) is 12.6. The number of nitrogens with zero attached hydrogens (tertiary/aromatic N) is 1. The van der Waals surface area contributed by atoms with Crippen LogP contribution in [0.3, 0.4) is 0 Å². The van der Waals surface area contributed by atoms with Gasteiger partial charge in [-0.2, -0.15) is 8.42 Å². The summed E-state index contributed by atoms with van der Waals surface area (Å²) >= 11 is 0. The number of carbonyl (C=O) groups excluding carboxylic acids is 1. The first-order chi connectivity index (χ1) is 17.8. The van der Waals surface area contributed by atoms with Gasteiger partial charge in [-0.15, -0.1) is 0 Å². The van der Waals surface area contributed by atoms with Crippen molar-refractivity contribution in [1.82, 2.24) is 4.90 Å². The maximum atomic E-state index is 12.8. The van der Waals surface area contributed by atoms with Gasteiger partial charge in [-0.25, -0.2) is 0 Å². The fourth-order valence-electron chi connectivity index (χ4n) is 4.99. The molecule has 0 aromatic heterocycles. The first-order valence-electron chi connectivity index (χ1n) is 15.7. The van der Waals surface area contributed by atoms with Crippen molar-refractivity contribution >= 4 is 45.6 Å². The minimum atomic E-state index is -4.24. The number of carbonyl (C=O) groups is 1. The van der Waals surface area contributed by atoms with Gasteiger partial charge < -0.3 is 10.0 Å². The van der Waals surface area contributed by atoms with Gasteiger partial charge in [0.05, 0.1) is 6.10 Å². The Bertz CT molecular complexity index is 620. The van der Waals surface area contributed by atoms with Crippen molar-refractivity contribution in [1.29, 1.82) is 0 Å². The number of hydrogen-bond donors (Lipinski definition) is 2. The summed E-state index contributed by atoms with van der Waals surface area (Å²) in [5, 5.41) is 9.37. The van der Waals surface area contributed by atoms with Crippen LogP contribution in [0.5, 0.6) is 0 Å². The molecule has 0 spiro atoms. The zero-order valence-corrected chi connectivity index (χ0v) is 25.4. The molecule has 1 amide bonds. The Labute approximate surface area is 258 Å². The Morgan fingerprint density at radius 2 is 1.03 bits per heavy atom. The van der Waals surface area contributed by atoms with Gasteiger partial charge in [-0.3, -0.25) is 9.35 Å². The third kappa shape index (κ3) is 23.1. The predicted octanol–water partition coefficient (Wildman–Crippen LogP) is 7.43. The van der Waals surface area contributed by atoms with Crippen LogP contribution in [0.25, 0.3) is 0 Å². The fraction of sp³-hybridized carbons (Fsp3) is 0.967. The van der Waals surface area contributed by atoms with Gasteiger partial charge in [0.2, 0.25) is 5.91 Å². The molecule has 0 radical (unpaired) electrons. The zero-order valence-electron chi connectivity index (χ0n) is 24.6. The minimum absolute atomic E-state index is 0. The molecule has 0 aliphatic heterocycles. The summed E-state index contributed by atoms with van der Waals surface area (Å²) in [4.78, 5) is 14.9. The number of unbranched alkanes of at least 4 members (excludes halogenated alkanes) is 15. The van der Waals surface area contributed by atoms with Crippen LogP contribution in [0.2, 0.25) is 0 Å². The van der Waals surface area contributed by atoms with Crippen LogP contribution in [0.15, 0.2) is 0 Å². The van der Waals surface area contributed by atoms with Crippen molar-refractivity contribution in [2.45, 2.75) is 173 Å². The van der Waals surface area contributed by atoms with E-state index in [9.17, 15) is 22.9 Å². The molecule has 0 rings (SSSR count). The van der Waals surface area contributed by atoms with Gasteiger partial charge >= 0.3 is 29.6 Å². The summed E-state index contributed by atoms with van der Waals surface area (Å²) in [6.45, 7) is 8.34. The average molecular weight is 572 g/mol. The van der Waals surface area contributed by atoms with Crippen LogP contribution in [0, 0.1) is 0 Å². The average Bonchev–Trinajstić information content (AvgIpc) is 2.85. The van der Waals surface area contributed by atoms with Crippen LogP contribution in [0.4, 0.5) is 0 Å². The third-order valence-electron chi connectivity index (χ3n) is 7.46. The second kappa shape index (κ2) is 27.5. The number of hydrogen-bond acceptors (Lipinski definition) is 4. The zero-order chi connectivity index (χ0) is 27.8. The number of aliphatic hydroxyl groups is 1. The topological polar surface area (TPSA) is 94.9 Å². The Morgan fingerprint density at radius 3 is 1.50 bits per heavy atom. The molecule has 224 valence electrons. The third-order valence-corrected chi connectivity index (χ3v) is 8.78. The Hall–Kier alpha value is 0.340. The molecule has 2 N–H and O–H groups in total. The molecule has 0 fully saturated rings. The molecule has 0 aromatic carbocycles. The van der Waals surface area contributed by atoms with E-state index >= 15 is 0 Å². The Kier molecular flexibility index (Phi) is 29.3. The summed E-state index contributed by atoms with van der Waals surface area (Å²) in [6.07, 6.45) is 20.5. The van der Waals surface area contributed by atoms with Crippen molar-refractivity contribution in [2.75, 3.05) is 13.1 Å². The SMILES string of the molecule is CCCCCCCCC(C(O)CCCCCCCC(=O)N(CCCCCC)CCCCCC)S(=O)(=O)O.[NaH]. The van der Waals surface area contributed by atoms with Crippen molar-refractivity contribution in [3.8, 4) is 0 Å². The van der Waals surface area contributed by atoms with E-state index in [-0.39, 0.29) is 35.5 Å². The van der Waals surface area contributed by atoms with E-state index in [1.807, 2.05) is 0 Å². The predicted molar refractivity (Wildman–Crippen MR) is 164 cm³/mol. The van der Waals surface area contributed by atoms with Gasteiger partial charge in [0, 0.05) is 19.5 Å². The molecule has 0 saturated heterocycles. The van der Waals surface area contributed by atoms with E-state index in [4.69, 9.17) is 0 Å². The van der Waals surface area contributed by atoms with E-state index in [1.165, 1.54) is 51.4 Å². The molecule has 0 aromatic rings. The van der Waals surface area contributed by atoms with Crippen LogP contribution >= 0.6 is 0 Å². The Morgan fingerprint density at radius 1 is 0.632 bits per heavy atom. The number of amides is 1. The summed E-state index contributed by atoms with van der Waals surface area (Å²) in [7, 11) is -4.24. The molecule has 0 heterocycles. The van der Waals surface area contributed by atoms with Crippen LogP contribution in [0.1, 0.15) is 162 Å². The monoisotopic (exact) mass is 571 g/mol. The number of rotatable bonds is 27. The molecular weight excluding hydrogens is 509 g/mol. The van der Waals surface area contributed by atoms with E-state index in [0.29, 0.717) is 25.7 Å². The van der Waals surface area contributed by atoms with Crippen molar-refractivity contribution < 1.29 is 22.9 Å². The maximum absolute atomic E-state index is 12.8. The molecule has 0 aliphatic carbocycles. The molecule has 2 unspecified atom stereocenters. The second-order valence-electron chi connectivity index (χ2n) is 11.0. The summed E-state index contributed by atoms with van der Waals surface area (Å²) in [6, 6.07) is 0. The molecule has 0 saturated carbocycles.